The molecule has 0 radical (unpaired) electrons. The van der Waals surface area contributed by atoms with Crippen LogP contribution in [0.1, 0.15) is 56.4 Å². The van der Waals surface area contributed by atoms with E-state index in [1.807, 2.05) is 19.1 Å². The molecule has 0 amide bonds. The summed E-state index contributed by atoms with van der Waals surface area (Å²) in [6.07, 6.45) is 1.26. The number of morpholine rings is 1. The van der Waals surface area contributed by atoms with Gasteiger partial charge in [0, 0.05) is 25.9 Å². The Bertz CT molecular complexity index is 1000. The number of rotatable bonds is 3. The number of aryl methyl sites for hydroxylation is 1. The Balaban J connectivity index is 1.53. The summed E-state index contributed by atoms with van der Waals surface area (Å²) >= 11 is 0. The first kappa shape index (κ1) is 22.5. The molecule has 1 spiro atoms. The Hall–Kier alpha value is -1.73. The van der Waals surface area contributed by atoms with Crippen LogP contribution in [0.5, 0.6) is 0 Å². The van der Waals surface area contributed by atoms with Crippen LogP contribution in [0, 0.1) is 6.92 Å². The van der Waals surface area contributed by atoms with Gasteiger partial charge in [-0.3, -0.25) is 0 Å². The Morgan fingerprint density at radius 1 is 1.00 bits per heavy atom. The van der Waals surface area contributed by atoms with E-state index in [9.17, 15) is 8.42 Å². The van der Waals surface area contributed by atoms with Crippen LogP contribution in [0.25, 0.3) is 0 Å². The Labute approximate surface area is 186 Å². The third-order valence-electron chi connectivity index (χ3n) is 6.45. The van der Waals surface area contributed by atoms with Crippen molar-refractivity contribution in [2.75, 3.05) is 26.3 Å². The second-order valence-corrected chi connectivity index (χ2v) is 11.8. The van der Waals surface area contributed by atoms with Gasteiger partial charge in [-0.1, -0.05) is 62.7 Å². The van der Waals surface area contributed by atoms with Crippen molar-refractivity contribution < 1.29 is 17.9 Å². The summed E-state index contributed by atoms with van der Waals surface area (Å²) in [6, 6.07) is 15.7. The van der Waals surface area contributed by atoms with Crippen molar-refractivity contribution >= 4 is 10.0 Å². The van der Waals surface area contributed by atoms with Crippen molar-refractivity contribution in [3.8, 4) is 0 Å². The van der Waals surface area contributed by atoms with Gasteiger partial charge >= 0.3 is 0 Å². The lowest BCUT2D eigenvalue weighted by Gasteiger charge is -2.46. The van der Waals surface area contributed by atoms with Crippen molar-refractivity contribution in [1.82, 2.24) is 4.31 Å². The second kappa shape index (κ2) is 8.32. The average Bonchev–Trinajstić information content (AvgIpc) is 2.74. The molecule has 6 heteroatoms. The lowest BCUT2D eigenvalue weighted by atomic mass is 9.84. The van der Waals surface area contributed by atoms with Gasteiger partial charge in [0.25, 0.3) is 0 Å². The van der Waals surface area contributed by atoms with Crippen LogP contribution < -0.4 is 0 Å². The lowest BCUT2D eigenvalue weighted by molar-refractivity contribution is -0.163. The summed E-state index contributed by atoms with van der Waals surface area (Å²) in [7, 11) is -3.55. The van der Waals surface area contributed by atoms with E-state index in [0.29, 0.717) is 44.0 Å². The number of benzene rings is 2. The summed E-state index contributed by atoms with van der Waals surface area (Å²) in [6.45, 7) is 10.3. The quantitative estimate of drug-likeness (QED) is 0.695. The molecule has 2 aromatic rings. The third kappa shape index (κ3) is 4.72. The zero-order chi connectivity index (χ0) is 22.3. The molecule has 4 rings (SSSR count). The zero-order valence-corrected chi connectivity index (χ0v) is 19.7. The van der Waals surface area contributed by atoms with Gasteiger partial charge in [-0.2, -0.15) is 4.31 Å². The van der Waals surface area contributed by atoms with Gasteiger partial charge in [-0.05, 0) is 35.6 Å². The highest BCUT2D eigenvalue weighted by Gasteiger charge is 2.45. The first-order chi connectivity index (χ1) is 14.6. The normalized spacial score (nSPS) is 25.6. The van der Waals surface area contributed by atoms with Crippen LogP contribution in [0.4, 0.5) is 0 Å². The summed E-state index contributed by atoms with van der Waals surface area (Å²) in [4.78, 5) is 0.344. The molecule has 2 heterocycles. The van der Waals surface area contributed by atoms with E-state index in [1.165, 1.54) is 5.56 Å². The van der Waals surface area contributed by atoms with Crippen LogP contribution in [0.3, 0.4) is 0 Å². The van der Waals surface area contributed by atoms with Crippen molar-refractivity contribution in [1.29, 1.82) is 0 Å². The number of sulfonamides is 1. The monoisotopic (exact) mass is 443 g/mol. The molecular formula is C25H33NO4S. The van der Waals surface area contributed by atoms with E-state index < -0.39 is 15.6 Å². The van der Waals surface area contributed by atoms with Crippen molar-refractivity contribution in [2.24, 2.45) is 0 Å². The molecule has 0 saturated carbocycles. The van der Waals surface area contributed by atoms with Crippen LogP contribution in [-0.4, -0.2) is 44.6 Å². The second-order valence-electron chi connectivity index (χ2n) is 9.87. The molecule has 2 aromatic carbocycles. The lowest BCUT2D eigenvalue weighted by Crippen LogP contribution is -2.56. The molecule has 0 bridgehead atoms. The van der Waals surface area contributed by atoms with E-state index in [1.54, 1.807) is 16.4 Å². The average molecular weight is 444 g/mol. The van der Waals surface area contributed by atoms with Gasteiger partial charge in [0.2, 0.25) is 10.0 Å². The predicted octanol–water partition coefficient (Wildman–Crippen LogP) is 4.60. The van der Waals surface area contributed by atoms with Crippen LogP contribution >= 0.6 is 0 Å². The van der Waals surface area contributed by atoms with E-state index in [4.69, 9.17) is 9.47 Å². The van der Waals surface area contributed by atoms with E-state index in [0.717, 1.165) is 11.1 Å². The van der Waals surface area contributed by atoms with Gasteiger partial charge in [-0.15, -0.1) is 0 Å². The first-order valence-corrected chi connectivity index (χ1v) is 12.5. The molecule has 2 saturated heterocycles. The maximum absolute atomic E-state index is 13.2. The smallest absolute Gasteiger partial charge is 0.243 e. The summed E-state index contributed by atoms with van der Waals surface area (Å²) in [5.74, 6) is 0. The minimum Gasteiger partial charge on any atom is -0.373 e. The highest BCUT2D eigenvalue weighted by atomic mass is 32.2. The van der Waals surface area contributed by atoms with Crippen LogP contribution in [0.15, 0.2) is 53.4 Å². The molecule has 0 unspecified atom stereocenters. The summed E-state index contributed by atoms with van der Waals surface area (Å²) in [5, 5.41) is 0. The fraction of sp³-hybridized carbons (Fsp3) is 0.520. The number of nitrogens with zero attached hydrogens (tertiary/aromatic N) is 1. The van der Waals surface area contributed by atoms with Gasteiger partial charge in [0.15, 0.2) is 0 Å². The Kier molecular flexibility index (Phi) is 6.03. The van der Waals surface area contributed by atoms with Gasteiger partial charge < -0.3 is 9.47 Å². The largest absolute Gasteiger partial charge is 0.373 e. The SMILES string of the molecule is Cc1ccc(S(=O)(=O)N2CCO[C@@]3(CCO[C@@H](c4ccc(C(C)(C)C)cc4)C3)C2)cc1. The molecule has 2 atom stereocenters. The van der Waals surface area contributed by atoms with Gasteiger partial charge in [0.1, 0.15) is 0 Å². The van der Waals surface area contributed by atoms with E-state index in [-0.39, 0.29) is 11.5 Å². The fourth-order valence-corrected chi connectivity index (χ4v) is 5.95. The molecule has 0 aromatic heterocycles. The zero-order valence-electron chi connectivity index (χ0n) is 18.9. The highest BCUT2D eigenvalue weighted by Crippen LogP contribution is 2.40. The third-order valence-corrected chi connectivity index (χ3v) is 8.31. The summed E-state index contributed by atoms with van der Waals surface area (Å²) < 4.78 is 40.4. The first-order valence-electron chi connectivity index (χ1n) is 11.0. The molecule has 5 nitrogen and oxygen atoms in total. The number of hydrogen-bond acceptors (Lipinski definition) is 4. The molecule has 168 valence electrons. The number of ether oxygens (including phenoxy) is 2. The van der Waals surface area contributed by atoms with Crippen molar-refractivity contribution in [2.45, 2.75) is 62.6 Å². The Morgan fingerprint density at radius 3 is 2.32 bits per heavy atom. The molecule has 0 aliphatic carbocycles. The maximum Gasteiger partial charge on any atom is 0.243 e. The van der Waals surface area contributed by atoms with Crippen molar-refractivity contribution in [3.63, 3.8) is 0 Å². The minimum atomic E-state index is -3.55. The van der Waals surface area contributed by atoms with Crippen LogP contribution in [-0.2, 0) is 24.9 Å². The molecule has 0 N–H and O–H groups in total. The topological polar surface area (TPSA) is 55.8 Å². The fourth-order valence-electron chi connectivity index (χ4n) is 4.45. The molecule has 2 aliphatic rings. The van der Waals surface area contributed by atoms with Crippen molar-refractivity contribution in [3.05, 3.63) is 65.2 Å². The Morgan fingerprint density at radius 2 is 1.68 bits per heavy atom. The molecule has 2 fully saturated rings. The van der Waals surface area contributed by atoms with Gasteiger partial charge in [-0.25, -0.2) is 8.42 Å². The minimum absolute atomic E-state index is 0.0928. The van der Waals surface area contributed by atoms with Crippen LogP contribution in [0.2, 0.25) is 0 Å². The molecular weight excluding hydrogens is 410 g/mol. The summed E-state index contributed by atoms with van der Waals surface area (Å²) in [5.41, 5.74) is 3.04. The molecule has 2 aliphatic heterocycles. The molecule has 31 heavy (non-hydrogen) atoms. The highest BCUT2D eigenvalue weighted by molar-refractivity contribution is 7.89. The maximum atomic E-state index is 13.2. The van der Waals surface area contributed by atoms with E-state index >= 15 is 0 Å². The predicted molar refractivity (Wildman–Crippen MR) is 122 cm³/mol. The van der Waals surface area contributed by atoms with E-state index in [2.05, 4.69) is 45.0 Å². The number of hydrogen-bond donors (Lipinski definition) is 0. The van der Waals surface area contributed by atoms with Gasteiger partial charge in [0.05, 0.1) is 29.8 Å². The standard InChI is InChI=1S/C25H33NO4S/c1-19-5-11-22(12-6-19)31(27,28)26-14-16-30-25(18-26)13-15-29-23(17-25)20-7-9-21(10-8-20)24(2,3)4/h5-12,23H,13-18H2,1-4H3/t23-,25-/m1/s1.